The van der Waals surface area contributed by atoms with Crippen LogP contribution in [0.4, 0.5) is 4.39 Å². The smallest absolute Gasteiger partial charge is 0.215 e. The van der Waals surface area contributed by atoms with Gasteiger partial charge < -0.3 is 4.74 Å². The fourth-order valence-corrected chi connectivity index (χ4v) is 6.48. The monoisotopic (exact) mass is 384 g/mol. The molecule has 0 bridgehead atoms. The molecule has 4 saturated carbocycles. The van der Waals surface area contributed by atoms with Gasteiger partial charge in [0.1, 0.15) is 5.60 Å². The highest BCUT2D eigenvalue weighted by molar-refractivity contribution is 6.24. The first-order valence-corrected chi connectivity index (χ1v) is 11.8. The minimum Gasteiger partial charge on any atom is -0.366 e. The second kappa shape index (κ2) is 7.21. The second-order valence-corrected chi connectivity index (χ2v) is 10.7. The molecule has 1 nitrogen and oxygen atoms in total. The van der Waals surface area contributed by atoms with Gasteiger partial charge in [0.25, 0.3) is 0 Å². The van der Waals surface area contributed by atoms with Crippen molar-refractivity contribution in [2.75, 3.05) is 0 Å². The van der Waals surface area contributed by atoms with Crippen LogP contribution in [-0.4, -0.2) is 16.8 Å². The lowest BCUT2D eigenvalue weighted by molar-refractivity contribution is -0.229. The minimum atomic E-state index is -1.75. The van der Waals surface area contributed by atoms with Gasteiger partial charge in [0, 0.05) is 5.92 Å². The summed E-state index contributed by atoms with van der Waals surface area (Å²) in [6, 6.07) is 0. The van der Waals surface area contributed by atoms with Crippen molar-refractivity contribution in [1.29, 1.82) is 0 Å². The quantitative estimate of drug-likeness (QED) is 0.384. The Hall–Kier alpha value is 0.180. The van der Waals surface area contributed by atoms with Crippen LogP contribution in [0.25, 0.3) is 0 Å². The van der Waals surface area contributed by atoms with Crippen molar-refractivity contribution in [3.63, 3.8) is 0 Å². The standard InChI is InChI=1S/C23H38ClFO/c1-15(18-9-10-18)22(16(2)19-11-12-19,26-21-7-5-4-6-8-21)23(24,25)17(3)20-13-14-20/h15-21H,4-14H2,1-3H3. The maximum absolute atomic E-state index is 16.8. The van der Waals surface area contributed by atoms with Gasteiger partial charge in [-0.1, -0.05) is 51.6 Å². The van der Waals surface area contributed by atoms with Crippen LogP contribution in [0.2, 0.25) is 0 Å². The topological polar surface area (TPSA) is 9.23 Å². The van der Waals surface area contributed by atoms with E-state index in [4.69, 9.17) is 16.3 Å². The molecule has 4 fully saturated rings. The maximum Gasteiger partial charge on any atom is 0.215 e. The zero-order valence-electron chi connectivity index (χ0n) is 17.0. The Labute approximate surface area is 164 Å². The predicted octanol–water partition coefficient (Wildman–Crippen LogP) is 7.12. The van der Waals surface area contributed by atoms with Crippen molar-refractivity contribution in [3.8, 4) is 0 Å². The molecule has 150 valence electrons. The molecule has 26 heavy (non-hydrogen) atoms. The largest absolute Gasteiger partial charge is 0.366 e. The van der Waals surface area contributed by atoms with E-state index < -0.39 is 10.7 Å². The van der Waals surface area contributed by atoms with E-state index in [1.165, 1.54) is 44.9 Å². The molecule has 0 aromatic rings. The molecule has 0 aromatic carbocycles. The zero-order chi connectivity index (χ0) is 18.5. The lowest BCUT2D eigenvalue weighted by atomic mass is 9.66. The number of ether oxygens (including phenoxy) is 1. The number of hydrogen-bond donors (Lipinski definition) is 0. The third kappa shape index (κ3) is 3.47. The summed E-state index contributed by atoms with van der Waals surface area (Å²) < 4.78 is 23.7. The molecule has 0 heterocycles. The molecule has 4 atom stereocenters. The Kier molecular flexibility index (Phi) is 5.41. The van der Waals surface area contributed by atoms with Gasteiger partial charge in [-0.3, -0.25) is 0 Å². The lowest BCUT2D eigenvalue weighted by Crippen LogP contribution is -2.63. The number of hydrogen-bond acceptors (Lipinski definition) is 1. The van der Waals surface area contributed by atoms with E-state index in [1.54, 1.807) is 0 Å². The molecule has 4 aliphatic carbocycles. The molecular formula is C23H38ClFO. The highest BCUT2D eigenvalue weighted by Gasteiger charge is 2.67. The van der Waals surface area contributed by atoms with Crippen LogP contribution < -0.4 is 0 Å². The van der Waals surface area contributed by atoms with Gasteiger partial charge in [-0.25, -0.2) is 4.39 Å². The molecule has 0 saturated heterocycles. The second-order valence-electron chi connectivity index (χ2n) is 10.2. The van der Waals surface area contributed by atoms with Crippen molar-refractivity contribution in [2.45, 2.75) is 108 Å². The van der Waals surface area contributed by atoms with E-state index in [0.29, 0.717) is 17.8 Å². The van der Waals surface area contributed by atoms with Crippen LogP contribution in [0.15, 0.2) is 0 Å². The Balaban J connectivity index is 1.70. The molecule has 4 aliphatic rings. The third-order valence-electron chi connectivity index (χ3n) is 8.35. The van der Waals surface area contributed by atoms with E-state index in [1.807, 2.05) is 0 Å². The van der Waals surface area contributed by atoms with Crippen LogP contribution in [-0.2, 0) is 4.74 Å². The van der Waals surface area contributed by atoms with E-state index in [0.717, 1.165) is 25.7 Å². The number of rotatable bonds is 9. The average molecular weight is 385 g/mol. The summed E-state index contributed by atoms with van der Waals surface area (Å²) in [6.07, 6.45) is 13.3. The molecule has 0 spiro atoms. The van der Waals surface area contributed by atoms with Gasteiger partial charge in [-0.05, 0) is 81.0 Å². The van der Waals surface area contributed by atoms with E-state index in [9.17, 15) is 0 Å². The summed E-state index contributed by atoms with van der Waals surface area (Å²) in [6.45, 7) is 6.58. The first-order valence-electron chi connectivity index (χ1n) is 11.4. The normalized spacial score (nSPS) is 33.1. The lowest BCUT2D eigenvalue weighted by Gasteiger charge is -2.54. The SMILES string of the molecule is CC(C1CC1)C(F)(Cl)C(OC1CCCCC1)(C(C)C1CC1)C(C)C1CC1. The average Bonchev–Trinajstić information content (AvgIpc) is 3.52. The first-order chi connectivity index (χ1) is 12.4. The number of alkyl halides is 2. The Bertz CT molecular complexity index is 470. The molecule has 0 aliphatic heterocycles. The first kappa shape index (κ1) is 19.5. The maximum atomic E-state index is 16.8. The summed E-state index contributed by atoms with van der Waals surface area (Å²) >= 11 is 7.01. The molecule has 0 amide bonds. The molecule has 3 heteroatoms. The Morgan fingerprint density at radius 3 is 1.58 bits per heavy atom. The summed E-state index contributed by atoms with van der Waals surface area (Å²) in [7, 11) is 0. The highest BCUT2D eigenvalue weighted by Crippen LogP contribution is 2.62. The van der Waals surface area contributed by atoms with Gasteiger partial charge >= 0.3 is 0 Å². The van der Waals surface area contributed by atoms with Gasteiger partial charge in [0.2, 0.25) is 5.13 Å². The van der Waals surface area contributed by atoms with E-state index >= 15 is 4.39 Å². The van der Waals surface area contributed by atoms with E-state index in [-0.39, 0.29) is 23.9 Å². The molecular weight excluding hydrogens is 347 g/mol. The van der Waals surface area contributed by atoms with Crippen molar-refractivity contribution in [3.05, 3.63) is 0 Å². The Morgan fingerprint density at radius 1 is 0.731 bits per heavy atom. The fourth-order valence-electron chi connectivity index (χ4n) is 5.91. The summed E-state index contributed by atoms with van der Waals surface area (Å²) in [5, 5.41) is -1.75. The van der Waals surface area contributed by atoms with E-state index in [2.05, 4.69) is 20.8 Å². The number of halogens is 2. The highest BCUT2D eigenvalue weighted by atomic mass is 35.5. The van der Waals surface area contributed by atoms with Gasteiger partial charge in [0.15, 0.2) is 0 Å². The molecule has 0 radical (unpaired) electrons. The summed E-state index contributed by atoms with van der Waals surface area (Å²) in [5.41, 5.74) is -0.819. The van der Waals surface area contributed by atoms with Crippen LogP contribution >= 0.6 is 11.6 Å². The van der Waals surface area contributed by atoms with Crippen LogP contribution in [0.1, 0.15) is 91.4 Å². The van der Waals surface area contributed by atoms with Gasteiger partial charge in [-0.15, -0.1) is 0 Å². The minimum absolute atomic E-state index is 0.116. The van der Waals surface area contributed by atoms with Crippen molar-refractivity contribution in [2.24, 2.45) is 35.5 Å². The molecule has 0 aromatic heterocycles. The van der Waals surface area contributed by atoms with Gasteiger partial charge in [0.05, 0.1) is 6.10 Å². The molecule has 0 N–H and O–H groups in total. The van der Waals surface area contributed by atoms with Crippen LogP contribution in [0.5, 0.6) is 0 Å². The fraction of sp³-hybridized carbons (Fsp3) is 1.00. The molecule has 4 unspecified atom stereocenters. The van der Waals surface area contributed by atoms with Gasteiger partial charge in [-0.2, -0.15) is 0 Å². The summed E-state index contributed by atoms with van der Waals surface area (Å²) in [5.74, 6) is 1.95. The third-order valence-corrected chi connectivity index (χ3v) is 8.99. The Morgan fingerprint density at radius 2 is 1.15 bits per heavy atom. The van der Waals surface area contributed by atoms with Crippen LogP contribution in [0, 0.1) is 35.5 Å². The van der Waals surface area contributed by atoms with Crippen molar-refractivity contribution >= 4 is 11.6 Å². The summed E-state index contributed by atoms with van der Waals surface area (Å²) in [4.78, 5) is 0. The van der Waals surface area contributed by atoms with Crippen molar-refractivity contribution in [1.82, 2.24) is 0 Å². The predicted molar refractivity (Wildman–Crippen MR) is 106 cm³/mol. The van der Waals surface area contributed by atoms with Crippen LogP contribution in [0.3, 0.4) is 0 Å². The van der Waals surface area contributed by atoms with Crippen molar-refractivity contribution < 1.29 is 9.13 Å². The zero-order valence-corrected chi connectivity index (χ0v) is 17.7. The molecule has 4 rings (SSSR count).